The Balaban J connectivity index is 1.49. The second-order valence-corrected chi connectivity index (χ2v) is 7.94. The van der Waals surface area contributed by atoms with Gasteiger partial charge in [0.2, 0.25) is 0 Å². The first-order valence-electron chi connectivity index (χ1n) is 9.65. The van der Waals surface area contributed by atoms with Crippen molar-refractivity contribution in [3.8, 4) is 0 Å². The van der Waals surface area contributed by atoms with E-state index in [-0.39, 0.29) is 6.03 Å². The summed E-state index contributed by atoms with van der Waals surface area (Å²) in [6.45, 7) is 6.09. The van der Waals surface area contributed by atoms with E-state index in [1.807, 2.05) is 62.4 Å². The summed E-state index contributed by atoms with van der Waals surface area (Å²) >= 11 is 1.61. The first-order chi connectivity index (χ1) is 14.5. The first-order valence-corrected chi connectivity index (χ1v) is 10.5. The lowest BCUT2D eigenvalue weighted by atomic mass is 10.2. The van der Waals surface area contributed by atoms with Crippen molar-refractivity contribution < 1.29 is 4.79 Å². The van der Waals surface area contributed by atoms with Gasteiger partial charge in [0.05, 0.1) is 0 Å². The Morgan fingerprint density at radius 3 is 2.57 bits per heavy atom. The minimum Gasteiger partial charge on any atom is -0.308 e. The Bertz CT molecular complexity index is 1200. The van der Waals surface area contributed by atoms with Gasteiger partial charge < -0.3 is 10.6 Å². The first kappa shape index (κ1) is 19.9. The molecular formula is C22H22N6OS. The van der Waals surface area contributed by atoms with Gasteiger partial charge in [-0.25, -0.2) is 9.78 Å². The number of aromatic nitrogens is 4. The van der Waals surface area contributed by atoms with E-state index in [2.05, 4.69) is 32.6 Å². The molecule has 0 aliphatic carbocycles. The predicted octanol–water partition coefficient (Wildman–Crippen LogP) is 5.10. The van der Waals surface area contributed by atoms with Crippen molar-refractivity contribution in [1.82, 2.24) is 19.6 Å². The number of hydrogen-bond acceptors (Lipinski definition) is 5. The summed E-state index contributed by atoms with van der Waals surface area (Å²) in [7, 11) is 0. The number of amides is 2. The molecule has 0 fully saturated rings. The Hall–Kier alpha value is -3.39. The third kappa shape index (κ3) is 4.28. The van der Waals surface area contributed by atoms with Crippen molar-refractivity contribution in [3.05, 3.63) is 71.7 Å². The van der Waals surface area contributed by atoms with E-state index in [1.165, 1.54) is 6.33 Å². The molecule has 7 nitrogen and oxygen atoms in total. The second-order valence-electron chi connectivity index (χ2n) is 6.88. The fourth-order valence-corrected chi connectivity index (χ4v) is 4.33. The van der Waals surface area contributed by atoms with Crippen LogP contribution in [0.4, 0.5) is 16.2 Å². The lowest BCUT2D eigenvalue weighted by molar-refractivity contribution is 0.262. The molecule has 0 saturated carbocycles. The van der Waals surface area contributed by atoms with Crippen LogP contribution in [0.1, 0.15) is 23.7 Å². The maximum absolute atomic E-state index is 12.3. The maximum atomic E-state index is 12.3. The zero-order chi connectivity index (χ0) is 21.1. The van der Waals surface area contributed by atoms with E-state index >= 15 is 0 Å². The summed E-state index contributed by atoms with van der Waals surface area (Å²) in [6, 6.07) is 15.1. The molecule has 0 aliphatic heterocycles. The average Bonchev–Trinajstić information content (AvgIpc) is 3.17. The molecule has 152 valence electrons. The molecule has 4 rings (SSSR count). The van der Waals surface area contributed by atoms with Crippen LogP contribution in [0.2, 0.25) is 0 Å². The molecule has 2 aromatic heterocycles. The quantitative estimate of drug-likeness (QED) is 0.441. The van der Waals surface area contributed by atoms with Crippen LogP contribution in [0.5, 0.6) is 0 Å². The molecule has 0 spiro atoms. The highest BCUT2D eigenvalue weighted by molar-refractivity contribution is 7.99. The van der Waals surface area contributed by atoms with Crippen molar-refractivity contribution in [2.24, 2.45) is 0 Å². The minimum atomic E-state index is -0.275. The van der Waals surface area contributed by atoms with Gasteiger partial charge in [0.1, 0.15) is 11.4 Å². The van der Waals surface area contributed by atoms with Crippen molar-refractivity contribution in [2.75, 3.05) is 10.6 Å². The van der Waals surface area contributed by atoms with E-state index in [9.17, 15) is 4.79 Å². The molecular weight excluding hydrogens is 396 g/mol. The molecule has 2 heterocycles. The Morgan fingerprint density at radius 2 is 1.83 bits per heavy atom. The third-order valence-electron chi connectivity index (χ3n) is 4.64. The Kier molecular flexibility index (Phi) is 5.67. The van der Waals surface area contributed by atoms with Crippen molar-refractivity contribution in [1.29, 1.82) is 0 Å². The van der Waals surface area contributed by atoms with Gasteiger partial charge in [-0.3, -0.25) is 0 Å². The number of hydrogen-bond donors (Lipinski definition) is 2. The number of rotatable bonds is 5. The molecule has 4 aromatic rings. The smallest absolute Gasteiger partial charge is 0.308 e. The van der Waals surface area contributed by atoms with E-state index in [4.69, 9.17) is 0 Å². The molecule has 2 aromatic carbocycles. The number of anilines is 2. The number of carbonyl (C=O) groups is 1. The molecule has 0 radical (unpaired) electrons. The summed E-state index contributed by atoms with van der Waals surface area (Å²) in [4.78, 5) is 22.0. The zero-order valence-corrected chi connectivity index (χ0v) is 17.8. The highest BCUT2D eigenvalue weighted by Crippen LogP contribution is 2.32. The number of nitrogens with one attached hydrogen (secondary N) is 2. The number of urea groups is 1. The normalized spacial score (nSPS) is 10.9. The number of nitrogens with zero attached hydrogens (tertiary/aromatic N) is 4. The van der Waals surface area contributed by atoms with Crippen molar-refractivity contribution in [3.63, 3.8) is 0 Å². The van der Waals surface area contributed by atoms with Crippen molar-refractivity contribution >= 4 is 34.9 Å². The summed E-state index contributed by atoms with van der Waals surface area (Å²) < 4.78 is 1.78. The SMILES string of the molecule is CCc1c(C)nc2ncnn2c1Sc1ccc(NC(=O)Nc2cccc(C)c2)cc1. The molecule has 0 aliphatic rings. The van der Waals surface area contributed by atoms with Gasteiger partial charge >= 0.3 is 6.03 Å². The van der Waals surface area contributed by atoms with E-state index in [0.717, 1.165) is 44.5 Å². The van der Waals surface area contributed by atoms with Crippen LogP contribution in [0.25, 0.3) is 5.78 Å². The Labute approximate surface area is 179 Å². The zero-order valence-electron chi connectivity index (χ0n) is 17.0. The van der Waals surface area contributed by atoms with Gasteiger partial charge in [0.15, 0.2) is 0 Å². The van der Waals surface area contributed by atoms with Crippen LogP contribution >= 0.6 is 11.8 Å². The number of carbonyl (C=O) groups excluding carboxylic acids is 1. The minimum absolute atomic E-state index is 0.275. The average molecular weight is 419 g/mol. The van der Waals surface area contributed by atoms with Crippen LogP contribution in [-0.2, 0) is 6.42 Å². The number of benzene rings is 2. The van der Waals surface area contributed by atoms with E-state index < -0.39 is 0 Å². The predicted molar refractivity (Wildman–Crippen MR) is 119 cm³/mol. The molecule has 2 N–H and O–H groups in total. The van der Waals surface area contributed by atoms with Gasteiger partial charge in [-0.05, 0) is 62.2 Å². The van der Waals surface area contributed by atoms with Crippen LogP contribution in [0, 0.1) is 13.8 Å². The molecule has 0 atom stereocenters. The fourth-order valence-electron chi connectivity index (χ4n) is 3.20. The highest BCUT2D eigenvalue weighted by Gasteiger charge is 2.14. The van der Waals surface area contributed by atoms with Gasteiger partial charge in [0, 0.05) is 27.5 Å². The van der Waals surface area contributed by atoms with Gasteiger partial charge in [-0.1, -0.05) is 30.8 Å². The van der Waals surface area contributed by atoms with Crippen LogP contribution in [-0.4, -0.2) is 25.6 Å². The largest absolute Gasteiger partial charge is 0.323 e. The fraction of sp³-hybridized carbons (Fsp3) is 0.182. The monoisotopic (exact) mass is 418 g/mol. The molecule has 0 saturated heterocycles. The summed E-state index contributed by atoms with van der Waals surface area (Å²) in [5, 5.41) is 11.0. The lowest BCUT2D eigenvalue weighted by Crippen LogP contribution is -2.19. The molecule has 2 amide bonds. The Morgan fingerprint density at radius 1 is 1.07 bits per heavy atom. The van der Waals surface area contributed by atoms with Gasteiger partial charge in [-0.15, -0.1) is 0 Å². The number of aryl methyl sites for hydroxylation is 2. The van der Waals surface area contributed by atoms with Crippen LogP contribution in [0.15, 0.2) is 64.8 Å². The molecule has 30 heavy (non-hydrogen) atoms. The molecule has 0 bridgehead atoms. The van der Waals surface area contributed by atoms with Gasteiger partial charge in [-0.2, -0.15) is 14.6 Å². The molecule has 0 unspecified atom stereocenters. The maximum Gasteiger partial charge on any atom is 0.323 e. The van der Waals surface area contributed by atoms with E-state index in [1.54, 1.807) is 16.3 Å². The second kappa shape index (κ2) is 8.54. The molecule has 8 heteroatoms. The van der Waals surface area contributed by atoms with E-state index in [0.29, 0.717) is 5.78 Å². The number of fused-ring (bicyclic) bond motifs is 1. The van der Waals surface area contributed by atoms with Crippen LogP contribution < -0.4 is 10.6 Å². The standard InChI is InChI=1S/C22H22N6OS/c1-4-19-15(3)25-21-23-13-24-28(21)20(19)30-18-10-8-16(9-11-18)26-22(29)27-17-7-5-6-14(2)12-17/h5-13H,4H2,1-3H3,(H2,26,27,29). The van der Waals surface area contributed by atoms with Crippen LogP contribution in [0.3, 0.4) is 0 Å². The highest BCUT2D eigenvalue weighted by atomic mass is 32.2. The third-order valence-corrected chi connectivity index (χ3v) is 5.76. The lowest BCUT2D eigenvalue weighted by Gasteiger charge is -2.12. The summed E-state index contributed by atoms with van der Waals surface area (Å²) in [6.07, 6.45) is 2.38. The topological polar surface area (TPSA) is 84.2 Å². The van der Waals surface area contributed by atoms with Crippen molar-refractivity contribution in [2.45, 2.75) is 37.1 Å². The summed E-state index contributed by atoms with van der Waals surface area (Å²) in [5.41, 5.74) is 4.69. The van der Waals surface area contributed by atoms with Gasteiger partial charge in [0.25, 0.3) is 5.78 Å². The summed E-state index contributed by atoms with van der Waals surface area (Å²) in [5.74, 6) is 0.596.